The molecule has 0 aliphatic carbocycles. The second-order valence-corrected chi connectivity index (χ2v) is 3.49. The zero-order valence-corrected chi connectivity index (χ0v) is 9.79. The summed E-state index contributed by atoms with van der Waals surface area (Å²) in [6.07, 6.45) is -4.42. The van der Waals surface area contributed by atoms with Gasteiger partial charge in [0.15, 0.2) is 5.78 Å². The Hall–Kier alpha value is -1.56. The maximum atomic E-state index is 11.8. The summed E-state index contributed by atoms with van der Waals surface area (Å²) >= 11 is 0. The number of hydrogen-bond donors (Lipinski definition) is 0. The predicted octanol–water partition coefficient (Wildman–Crippen LogP) is 2.85. The number of halogens is 3. The van der Waals surface area contributed by atoms with Gasteiger partial charge in [0.05, 0.1) is 6.61 Å². The number of ketones is 1. The molecule has 0 fully saturated rings. The van der Waals surface area contributed by atoms with Crippen LogP contribution in [0, 0.1) is 0 Å². The van der Waals surface area contributed by atoms with Crippen LogP contribution in [0.3, 0.4) is 0 Å². The van der Waals surface area contributed by atoms with Gasteiger partial charge < -0.3 is 9.47 Å². The lowest BCUT2D eigenvalue weighted by Crippen LogP contribution is -2.20. The Morgan fingerprint density at radius 3 is 2.33 bits per heavy atom. The molecule has 1 aromatic carbocycles. The van der Waals surface area contributed by atoms with Crippen LogP contribution in [0.2, 0.25) is 0 Å². The lowest BCUT2D eigenvalue weighted by atomic mass is 10.1. The minimum Gasteiger partial charge on any atom is -0.494 e. The zero-order chi connectivity index (χ0) is 13.6. The molecule has 100 valence electrons. The van der Waals surface area contributed by atoms with Crippen LogP contribution in [0.1, 0.15) is 17.3 Å². The Morgan fingerprint density at radius 2 is 1.83 bits per heavy atom. The summed E-state index contributed by atoms with van der Waals surface area (Å²) in [4.78, 5) is 11.5. The lowest BCUT2D eigenvalue weighted by molar-refractivity contribution is -0.170. The summed E-state index contributed by atoms with van der Waals surface area (Å²) in [6, 6.07) is 6.15. The van der Waals surface area contributed by atoms with E-state index in [1.54, 1.807) is 12.1 Å². The van der Waals surface area contributed by atoms with Crippen LogP contribution in [-0.4, -0.2) is 31.8 Å². The van der Waals surface area contributed by atoms with Crippen LogP contribution in [0.25, 0.3) is 0 Å². The first-order chi connectivity index (χ1) is 8.42. The lowest BCUT2D eigenvalue weighted by Gasteiger charge is -2.07. The van der Waals surface area contributed by atoms with Crippen LogP contribution < -0.4 is 4.74 Å². The molecule has 0 atom stereocenters. The fraction of sp³-hybridized carbons (Fsp3) is 0.417. The quantitative estimate of drug-likeness (QED) is 0.739. The zero-order valence-electron chi connectivity index (χ0n) is 9.79. The van der Waals surface area contributed by atoms with Crippen LogP contribution in [-0.2, 0) is 4.74 Å². The maximum absolute atomic E-state index is 11.8. The number of carbonyl (C=O) groups is 1. The third-order valence-corrected chi connectivity index (χ3v) is 1.99. The summed E-state index contributed by atoms with van der Waals surface area (Å²) in [5.74, 6) is 0.104. The van der Waals surface area contributed by atoms with Gasteiger partial charge in [-0.25, -0.2) is 0 Å². The van der Waals surface area contributed by atoms with Crippen LogP contribution in [0.15, 0.2) is 24.3 Å². The third kappa shape index (κ3) is 5.18. The molecule has 6 heteroatoms. The molecule has 0 amide bonds. The average molecular weight is 262 g/mol. The van der Waals surface area contributed by atoms with Crippen molar-refractivity contribution in [2.75, 3.05) is 19.8 Å². The van der Waals surface area contributed by atoms with E-state index < -0.39 is 25.2 Å². The van der Waals surface area contributed by atoms with Crippen LogP contribution in [0.4, 0.5) is 13.2 Å². The topological polar surface area (TPSA) is 35.5 Å². The van der Waals surface area contributed by atoms with E-state index in [-0.39, 0.29) is 0 Å². The summed E-state index contributed by atoms with van der Waals surface area (Å²) in [5, 5.41) is 0. The minimum absolute atomic E-state index is 0.292. The van der Waals surface area contributed by atoms with Gasteiger partial charge in [0, 0.05) is 5.56 Å². The van der Waals surface area contributed by atoms with Crippen molar-refractivity contribution in [1.82, 2.24) is 0 Å². The van der Waals surface area contributed by atoms with Gasteiger partial charge in [0.25, 0.3) is 0 Å². The second kappa shape index (κ2) is 6.39. The van der Waals surface area contributed by atoms with E-state index >= 15 is 0 Å². The number of hydrogen-bond acceptors (Lipinski definition) is 3. The van der Waals surface area contributed by atoms with Gasteiger partial charge in [-0.15, -0.1) is 0 Å². The van der Waals surface area contributed by atoms with Gasteiger partial charge in [-0.05, 0) is 31.2 Å². The van der Waals surface area contributed by atoms with E-state index in [9.17, 15) is 18.0 Å². The fourth-order valence-corrected chi connectivity index (χ4v) is 1.25. The molecule has 0 aliphatic rings. The third-order valence-electron chi connectivity index (χ3n) is 1.99. The van der Waals surface area contributed by atoms with Crippen LogP contribution >= 0.6 is 0 Å². The van der Waals surface area contributed by atoms with Crippen molar-refractivity contribution in [3.05, 3.63) is 29.8 Å². The van der Waals surface area contributed by atoms with Gasteiger partial charge in [-0.3, -0.25) is 4.79 Å². The Kier molecular flexibility index (Phi) is 5.15. The van der Waals surface area contributed by atoms with Crippen molar-refractivity contribution in [2.45, 2.75) is 13.1 Å². The van der Waals surface area contributed by atoms with E-state index in [2.05, 4.69) is 4.74 Å². The Balaban J connectivity index is 2.46. The molecule has 0 N–H and O–H groups in total. The van der Waals surface area contributed by atoms with E-state index in [1.165, 1.54) is 12.1 Å². The molecule has 0 heterocycles. The first-order valence-electron chi connectivity index (χ1n) is 5.33. The molecule has 3 nitrogen and oxygen atoms in total. The first kappa shape index (κ1) is 14.5. The summed E-state index contributed by atoms with van der Waals surface area (Å²) in [5.41, 5.74) is 0.292. The minimum atomic E-state index is -4.42. The highest BCUT2D eigenvalue weighted by Crippen LogP contribution is 2.15. The molecule has 0 saturated carbocycles. The normalized spacial score (nSPS) is 11.3. The van der Waals surface area contributed by atoms with Gasteiger partial charge in [0.1, 0.15) is 19.0 Å². The van der Waals surface area contributed by atoms with E-state index in [4.69, 9.17) is 4.74 Å². The Labute approximate surface area is 103 Å². The summed E-state index contributed by atoms with van der Waals surface area (Å²) in [7, 11) is 0. The summed E-state index contributed by atoms with van der Waals surface area (Å²) < 4.78 is 44.8. The van der Waals surface area contributed by atoms with E-state index in [0.717, 1.165) is 0 Å². The monoisotopic (exact) mass is 262 g/mol. The number of carbonyl (C=O) groups excluding carboxylic acids is 1. The number of Topliss-reactive ketones (excluding diaryl/α,β-unsaturated/α-hetero) is 1. The number of rotatable bonds is 6. The van der Waals surface area contributed by atoms with Gasteiger partial charge in [0.2, 0.25) is 0 Å². The standard InChI is InChI=1S/C12H13F3O3/c1-2-18-10-5-3-9(4-6-10)11(16)7-17-8-12(13,14)15/h3-6H,2,7-8H2,1H3. The number of alkyl halides is 3. The highest BCUT2D eigenvalue weighted by molar-refractivity contribution is 5.97. The van der Waals surface area contributed by atoms with Crippen LogP contribution in [0.5, 0.6) is 5.75 Å². The molecular formula is C12H13F3O3. The number of benzene rings is 1. The van der Waals surface area contributed by atoms with E-state index in [1.807, 2.05) is 6.92 Å². The highest BCUT2D eigenvalue weighted by atomic mass is 19.4. The van der Waals surface area contributed by atoms with Crippen molar-refractivity contribution in [2.24, 2.45) is 0 Å². The van der Waals surface area contributed by atoms with Gasteiger partial charge in [-0.1, -0.05) is 0 Å². The second-order valence-electron chi connectivity index (χ2n) is 3.49. The van der Waals surface area contributed by atoms with Gasteiger partial charge >= 0.3 is 6.18 Å². The first-order valence-corrected chi connectivity index (χ1v) is 5.33. The molecule has 0 radical (unpaired) electrons. The number of ether oxygens (including phenoxy) is 2. The molecule has 0 bridgehead atoms. The van der Waals surface area contributed by atoms with Crippen molar-refractivity contribution in [3.63, 3.8) is 0 Å². The molecular weight excluding hydrogens is 249 g/mol. The van der Waals surface area contributed by atoms with Crippen molar-refractivity contribution >= 4 is 5.78 Å². The molecule has 0 aliphatic heterocycles. The molecule has 0 aromatic heterocycles. The molecule has 0 saturated heterocycles. The van der Waals surface area contributed by atoms with Crippen molar-refractivity contribution in [3.8, 4) is 5.75 Å². The maximum Gasteiger partial charge on any atom is 0.411 e. The SMILES string of the molecule is CCOc1ccc(C(=O)COCC(F)(F)F)cc1. The molecule has 1 aromatic rings. The highest BCUT2D eigenvalue weighted by Gasteiger charge is 2.27. The van der Waals surface area contributed by atoms with Crippen molar-refractivity contribution < 1.29 is 27.4 Å². The average Bonchev–Trinajstić information content (AvgIpc) is 2.28. The van der Waals surface area contributed by atoms with Crippen molar-refractivity contribution in [1.29, 1.82) is 0 Å². The molecule has 0 spiro atoms. The van der Waals surface area contributed by atoms with E-state index in [0.29, 0.717) is 17.9 Å². The predicted molar refractivity (Wildman–Crippen MR) is 58.8 cm³/mol. The summed E-state index contributed by atoms with van der Waals surface area (Å²) in [6.45, 7) is 0.315. The fourth-order valence-electron chi connectivity index (χ4n) is 1.25. The largest absolute Gasteiger partial charge is 0.494 e. The molecule has 0 unspecified atom stereocenters. The molecule has 18 heavy (non-hydrogen) atoms. The van der Waals surface area contributed by atoms with Gasteiger partial charge in [-0.2, -0.15) is 13.2 Å². The Bertz CT molecular complexity index is 385. The Morgan fingerprint density at radius 1 is 1.22 bits per heavy atom. The molecule has 1 rings (SSSR count). The smallest absolute Gasteiger partial charge is 0.411 e.